The van der Waals surface area contributed by atoms with Crippen molar-refractivity contribution in [2.45, 2.75) is 38.7 Å². The van der Waals surface area contributed by atoms with Crippen LogP contribution in [0.15, 0.2) is 17.8 Å². The van der Waals surface area contributed by atoms with Crippen molar-refractivity contribution in [2.24, 2.45) is 0 Å². The maximum Gasteiger partial charge on any atom is 0.193 e. The van der Waals surface area contributed by atoms with Gasteiger partial charge in [-0.2, -0.15) is 0 Å². The van der Waals surface area contributed by atoms with E-state index in [4.69, 9.17) is 4.74 Å². The van der Waals surface area contributed by atoms with Gasteiger partial charge in [0, 0.05) is 24.9 Å². The van der Waals surface area contributed by atoms with Crippen LogP contribution in [0.3, 0.4) is 0 Å². The number of aromatic nitrogens is 2. The minimum Gasteiger partial charge on any atom is -0.370 e. The molecule has 2 aromatic rings. The van der Waals surface area contributed by atoms with Crippen molar-refractivity contribution >= 4 is 22.1 Å². The lowest BCUT2D eigenvalue weighted by Crippen LogP contribution is -2.40. The lowest BCUT2D eigenvalue weighted by atomic mass is 9.89. The highest BCUT2D eigenvalue weighted by molar-refractivity contribution is 7.15. The number of imidazole rings is 1. The first-order chi connectivity index (χ1) is 8.65. The average molecular weight is 266 g/mol. The molecule has 0 aliphatic carbocycles. The molecule has 5 heteroatoms. The van der Waals surface area contributed by atoms with Gasteiger partial charge in [0.2, 0.25) is 0 Å². The molecule has 4 nitrogen and oxygen atoms in total. The number of carbonyl (C=O) groups excluding carboxylic acids is 1. The number of carbonyl (C=O) groups is 1. The van der Waals surface area contributed by atoms with Crippen LogP contribution in [0.25, 0.3) is 4.96 Å². The quantitative estimate of drug-likeness (QED) is 0.807. The summed E-state index contributed by atoms with van der Waals surface area (Å²) in [6.45, 7) is 3.97. The van der Waals surface area contributed by atoms with Crippen LogP contribution in [-0.4, -0.2) is 27.9 Å². The predicted molar refractivity (Wildman–Crippen MR) is 72.1 cm³/mol. The molecule has 18 heavy (non-hydrogen) atoms. The molecule has 0 aromatic carbocycles. The lowest BCUT2D eigenvalue weighted by molar-refractivity contribution is -0.141. The van der Waals surface area contributed by atoms with Crippen molar-refractivity contribution in [1.29, 1.82) is 0 Å². The first kappa shape index (κ1) is 13.2. The summed E-state index contributed by atoms with van der Waals surface area (Å²) < 4.78 is 7.39. The highest BCUT2D eigenvalue weighted by atomic mass is 32.1. The minimum absolute atomic E-state index is 0.112. The van der Waals surface area contributed by atoms with Crippen molar-refractivity contribution in [2.75, 3.05) is 7.11 Å². The Balaban J connectivity index is 2.17. The Morgan fingerprint density at radius 2 is 2.22 bits per heavy atom. The maximum atomic E-state index is 12.4. The molecule has 2 heterocycles. The van der Waals surface area contributed by atoms with Crippen molar-refractivity contribution in [3.63, 3.8) is 0 Å². The Bertz CT molecular complexity index is 503. The van der Waals surface area contributed by atoms with Crippen molar-refractivity contribution in [3.8, 4) is 0 Å². The topological polar surface area (TPSA) is 43.6 Å². The van der Waals surface area contributed by atoms with E-state index in [9.17, 15) is 4.79 Å². The van der Waals surface area contributed by atoms with E-state index in [1.54, 1.807) is 18.4 Å². The number of rotatable bonds is 6. The predicted octanol–water partition coefficient (Wildman–Crippen LogP) is 2.71. The minimum atomic E-state index is -0.656. The fourth-order valence-corrected chi connectivity index (χ4v) is 2.95. The molecule has 0 N–H and O–H groups in total. The number of hydrogen-bond donors (Lipinski definition) is 0. The lowest BCUT2D eigenvalue weighted by Gasteiger charge is -2.28. The molecular formula is C13H18N2O2S. The molecule has 2 aromatic heterocycles. The van der Waals surface area contributed by atoms with Crippen molar-refractivity contribution < 1.29 is 9.53 Å². The van der Waals surface area contributed by atoms with E-state index in [1.165, 1.54) is 0 Å². The summed E-state index contributed by atoms with van der Waals surface area (Å²) in [6.07, 6.45) is 5.59. The zero-order chi connectivity index (χ0) is 13.2. The van der Waals surface area contributed by atoms with E-state index in [1.807, 2.05) is 36.0 Å². The summed E-state index contributed by atoms with van der Waals surface area (Å²) in [4.78, 5) is 17.7. The Morgan fingerprint density at radius 3 is 2.78 bits per heavy atom. The third-order valence-corrected chi connectivity index (χ3v) is 4.30. The number of ketones is 1. The summed E-state index contributed by atoms with van der Waals surface area (Å²) in [6, 6.07) is 0. The number of nitrogens with zero attached hydrogens (tertiary/aromatic N) is 2. The van der Waals surface area contributed by atoms with Gasteiger partial charge in [0.1, 0.15) is 5.60 Å². The van der Waals surface area contributed by atoms with Gasteiger partial charge in [0.05, 0.1) is 12.1 Å². The molecule has 2 rings (SSSR count). The maximum absolute atomic E-state index is 12.4. The second-order valence-corrected chi connectivity index (χ2v) is 5.20. The highest BCUT2D eigenvalue weighted by Crippen LogP contribution is 2.23. The molecule has 0 aliphatic rings. The zero-order valence-corrected chi connectivity index (χ0v) is 11.8. The van der Waals surface area contributed by atoms with Crippen molar-refractivity contribution in [1.82, 2.24) is 9.38 Å². The Kier molecular flexibility index (Phi) is 3.82. The molecule has 0 spiro atoms. The first-order valence-corrected chi connectivity index (χ1v) is 7.02. The molecular weight excluding hydrogens is 248 g/mol. The number of Topliss-reactive ketones (excluding diaryl/α,β-unsaturated/α-hetero) is 1. The van der Waals surface area contributed by atoms with Crippen LogP contribution in [0.4, 0.5) is 0 Å². The molecule has 0 atom stereocenters. The second-order valence-electron chi connectivity index (χ2n) is 4.33. The van der Waals surface area contributed by atoms with Crippen LogP contribution < -0.4 is 0 Å². The molecule has 0 bridgehead atoms. The number of hydrogen-bond acceptors (Lipinski definition) is 4. The van der Waals surface area contributed by atoms with Crippen LogP contribution in [0, 0.1) is 0 Å². The molecule has 0 fully saturated rings. The number of fused-ring (bicyclic) bond motifs is 1. The van der Waals surface area contributed by atoms with E-state index in [0.29, 0.717) is 19.3 Å². The average Bonchev–Trinajstić information content (AvgIpc) is 2.92. The number of ether oxygens (including phenoxy) is 1. The fourth-order valence-electron chi connectivity index (χ4n) is 2.23. The molecule has 0 unspecified atom stereocenters. The molecule has 0 radical (unpaired) electrons. The Morgan fingerprint density at radius 1 is 1.50 bits per heavy atom. The third kappa shape index (κ3) is 2.20. The monoisotopic (exact) mass is 266 g/mol. The molecule has 0 aliphatic heterocycles. The third-order valence-electron chi connectivity index (χ3n) is 3.53. The fraction of sp³-hybridized carbons (Fsp3) is 0.538. The normalized spacial score (nSPS) is 12.2. The van der Waals surface area contributed by atoms with Gasteiger partial charge < -0.3 is 4.74 Å². The SMILES string of the molecule is CCC(CC)(OC)C(=O)Cc1cn2ccsc2n1. The number of thiazole rings is 1. The van der Waals surface area contributed by atoms with Crippen LogP contribution >= 0.6 is 11.3 Å². The smallest absolute Gasteiger partial charge is 0.193 e. The van der Waals surface area contributed by atoms with Gasteiger partial charge >= 0.3 is 0 Å². The molecule has 0 saturated heterocycles. The van der Waals surface area contributed by atoms with E-state index < -0.39 is 5.60 Å². The Hall–Kier alpha value is -1.20. The Labute approximate surface area is 111 Å². The van der Waals surface area contributed by atoms with Gasteiger partial charge in [0.15, 0.2) is 10.7 Å². The van der Waals surface area contributed by atoms with Crippen molar-refractivity contribution in [3.05, 3.63) is 23.5 Å². The first-order valence-electron chi connectivity index (χ1n) is 6.14. The van der Waals surface area contributed by atoms with Gasteiger partial charge in [-0.25, -0.2) is 4.98 Å². The van der Waals surface area contributed by atoms with E-state index >= 15 is 0 Å². The van der Waals surface area contributed by atoms with Crippen LogP contribution in [-0.2, 0) is 16.0 Å². The zero-order valence-electron chi connectivity index (χ0n) is 11.0. The summed E-state index contributed by atoms with van der Waals surface area (Å²) in [5.74, 6) is 0.112. The molecule has 0 amide bonds. The van der Waals surface area contributed by atoms with Gasteiger partial charge in [-0.15, -0.1) is 11.3 Å². The summed E-state index contributed by atoms with van der Waals surface area (Å²) >= 11 is 1.57. The number of methoxy groups -OCH3 is 1. The largest absolute Gasteiger partial charge is 0.370 e. The van der Waals surface area contributed by atoms with Gasteiger partial charge in [-0.3, -0.25) is 9.20 Å². The second kappa shape index (κ2) is 5.20. The highest BCUT2D eigenvalue weighted by Gasteiger charge is 2.34. The van der Waals surface area contributed by atoms with Gasteiger partial charge in [-0.1, -0.05) is 13.8 Å². The van der Waals surface area contributed by atoms with Crippen LogP contribution in [0.1, 0.15) is 32.4 Å². The van der Waals surface area contributed by atoms with E-state index in [0.717, 1.165) is 10.7 Å². The summed E-state index contributed by atoms with van der Waals surface area (Å²) in [5, 5.41) is 1.98. The van der Waals surface area contributed by atoms with Gasteiger partial charge in [0.25, 0.3) is 0 Å². The summed E-state index contributed by atoms with van der Waals surface area (Å²) in [5.41, 5.74) is 0.159. The standard InChI is InChI=1S/C13H18N2O2S/c1-4-13(5-2,17-3)11(16)8-10-9-15-6-7-18-12(15)14-10/h6-7,9H,4-5,8H2,1-3H3. The van der Waals surface area contributed by atoms with E-state index in [2.05, 4.69) is 4.98 Å². The van der Waals surface area contributed by atoms with Crippen LogP contribution in [0.5, 0.6) is 0 Å². The van der Waals surface area contributed by atoms with Gasteiger partial charge in [-0.05, 0) is 12.8 Å². The summed E-state index contributed by atoms with van der Waals surface area (Å²) in [7, 11) is 1.61. The van der Waals surface area contributed by atoms with E-state index in [-0.39, 0.29) is 5.78 Å². The van der Waals surface area contributed by atoms with Crippen LogP contribution in [0.2, 0.25) is 0 Å². The molecule has 0 saturated carbocycles. The molecule has 98 valence electrons.